The number of carbonyl (C=O) groups is 1. The Balaban J connectivity index is 1.16. The van der Waals surface area contributed by atoms with Gasteiger partial charge in [0.1, 0.15) is 5.75 Å². The molecule has 232 valence electrons. The lowest BCUT2D eigenvalue weighted by molar-refractivity contribution is -0.166. The monoisotopic (exact) mass is 631 g/mol. The maximum Gasteiger partial charge on any atom is 0.224 e. The summed E-state index contributed by atoms with van der Waals surface area (Å²) < 4.78 is 13.4. The Morgan fingerprint density at radius 3 is 2.70 bits per heavy atom. The first-order chi connectivity index (χ1) is 21.1. The summed E-state index contributed by atoms with van der Waals surface area (Å²) in [5, 5.41) is 23.5. The van der Waals surface area contributed by atoms with Gasteiger partial charge in [-0.05, 0) is 99.5 Å². The van der Waals surface area contributed by atoms with Crippen LogP contribution in [0, 0.1) is 33.5 Å². The minimum atomic E-state index is -0.890. The molecule has 2 spiro atoms. The fourth-order valence-corrected chi connectivity index (χ4v) is 12.9. The normalized spacial score (nSPS) is 40.4. The Morgan fingerprint density at radius 2 is 1.91 bits per heavy atom. The van der Waals surface area contributed by atoms with Gasteiger partial charge in [0.15, 0.2) is 10.1 Å². The number of fused-ring (bicyclic) bond motifs is 2. The van der Waals surface area contributed by atoms with Gasteiger partial charge in [0, 0.05) is 27.6 Å². The van der Waals surface area contributed by atoms with E-state index >= 15 is 0 Å². The van der Waals surface area contributed by atoms with Gasteiger partial charge in [0.05, 0.1) is 34.8 Å². The largest absolute Gasteiger partial charge is 0.494 e. The van der Waals surface area contributed by atoms with Gasteiger partial charge in [-0.3, -0.25) is 4.79 Å². The third kappa shape index (κ3) is 3.74. The molecule has 2 bridgehead atoms. The van der Waals surface area contributed by atoms with Crippen LogP contribution >= 0.6 is 23.1 Å². The lowest BCUT2D eigenvalue weighted by atomic mass is 9.32. The Labute approximate surface area is 267 Å². The Morgan fingerprint density at radius 1 is 1.11 bits per heavy atom. The number of hydrogen-bond acceptors (Lipinski definition) is 8. The number of aliphatic hydroxyl groups is 2. The standard InChI is InChI=1S/C36H41NO5S2/c1-4-41-23-7-8-25-27(18-23)44-31(37-25)43-21-35(40)14-11-29-33(35,3)13-10-28-32(2)12-9-22(38)19-34(32)15-16-36(28,29)24(20-34)30(39)26-6-5-17-42-26/h5-8,15-18,20,22,28-29,38,40H,4,9-14,19,21H2,1-3H3. The molecule has 0 aliphatic heterocycles. The van der Waals surface area contributed by atoms with Crippen molar-refractivity contribution in [1.82, 2.24) is 4.98 Å². The topological polar surface area (TPSA) is 92.8 Å². The zero-order chi connectivity index (χ0) is 30.5. The summed E-state index contributed by atoms with van der Waals surface area (Å²) >= 11 is 3.31. The predicted octanol–water partition coefficient (Wildman–Crippen LogP) is 7.85. The highest BCUT2D eigenvalue weighted by atomic mass is 32.2. The number of ketones is 1. The van der Waals surface area contributed by atoms with Gasteiger partial charge in [0.25, 0.3) is 0 Å². The predicted molar refractivity (Wildman–Crippen MR) is 173 cm³/mol. The second-order valence-corrected chi connectivity index (χ2v) is 16.7. The smallest absolute Gasteiger partial charge is 0.224 e. The number of allylic oxidation sites excluding steroid dienone is 4. The number of nitrogens with zero attached hydrogens (tertiary/aromatic N) is 1. The summed E-state index contributed by atoms with van der Waals surface area (Å²) in [5.41, 5.74) is -0.346. The number of furan rings is 1. The minimum absolute atomic E-state index is 0.0409. The molecule has 44 heavy (non-hydrogen) atoms. The molecule has 3 aromatic rings. The molecule has 2 N–H and O–H groups in total. The van der Waals surface area contributed by atoms with Gasteiger partial charge < -0.3 is 19.4 Å². The highest BCUT2D eigenvalue weighted by molar-refractivity contribution is 8.01. The quantitative estimate of drug-likeness (QED) is 0.156. The second kappa shape index (κ2) is 9.81. The molecule has 6 aliphatic rings. The zero-order valence-corrected chi connectivity index (χ0v) is 27.3. The lowest BCUT2D eigenvalue weighted by Gasteiger charge is -2.71. The molecule has 8 atom stereocenters. The molecule has 3 saturated carbocycles. The highest BCUT2D eigenvalue weighted by Crippen LogP contribution is 2.78. The summed E-state index contributed by atoms with van der Waals surface area (Å²) in [7, 11) is 0. The first-order valence-electron chi connectivity index (χ1n) is 16.2. The highest BCUT2D eigenvalue weighted by Gasteiger charge is 2.74. The van der Waals surface area contributed by atoms with Crippen LogP contribution in [0.1, 0.15) is 76.3 Å². The van der Waals surface area contributed by atoms with E-state index in [0.717, 1.165) is 58.0 Å². The summed E-state index contributed by atoms with van der Waals surface area (Å²) in [6.07, 6.45) is 14.0. The first-order valence-corrected chi connectivity index (χ1v) is 18.0. The van der Waals surface area contributed by atoms with E-state index < -0.39 is 11.0 Å². The maximum atomic E-state index is 14.3. The zero-order valence-electron chi connectivity index (χ0n) is 25.7. The van der Waals surface area contributed by atoms with Crippen molar-refractivity contribution >= 4 is 39.1 Å². The summed E-state index contributed by atoms with van der Waals surface area (Å²) in [4.78, 5) is 19.2. The van der Waals surface area contributed by atoms with E-state index in [1.54, 1.807) is 41.5 Å². The van der Waals surface area contributed by atoms with E-state index in [-0.39, 0.29) is 40.0 Å². The molecule has 3 fully saturated rings. The molecule has 2 aromatic heterocycles. The van der Waals surface area contributed by atoms with Crippen molar-refractivity contribution in [2.45, 2.75) is 81.8 Å². The summed E-state index contributed by atoms with van der Waals surface area (Å²) in [5.74, 6) is 2.14. The van der Waals surface area contributed by atoms with Crippen LogP contribution in [0.3, 0.4) is 0 Å². The van der Waals surface area contributed by atoms with Crippen LogP contribution in [0.4, 0.5) is 0 Å². The van der Waals surface area contributed by atoms with E-state index in [1.165, 1.54) is 0 Å². The van der Waals surface area contributed by atoms with Crippen molar-refractivity contribution in [3.63, 3.8) is 0 Å². The number of carbonyl (C=O) groups excluding carboxylic acids is 1. The van der Waals surface area contributed by atoms with Crippen LogP contribution in [0.25, 0.3) is 10.2 Å². The molecule has 9 rings (SSSR count). The third-order valence-corrected chi connectivity index (χ3v) is 15.2. The number of Topliss-reactive ketones (excluding diaryl/α,β-unsaturated/α-hetero) is 1. The van der Waals surface area contributed by atoms with Crippen LogP contribution in [0.15, 0.2) is 69.2 Å². The third-order valence-electron chi connectivity index (χ3n) is 12.8. The fourth-order valence-electron chi connectivity index (χ4n) is 10.5. The van der Waals surface area contributed by atoms with Crippen LogP contribution < -0.4 is 4.74 Å². The molecular formula is C36H41NO5S2. The van der Waals surface area contributed by atoms with E-state index in [2.05, 4.69) is 38.1 Å². The number of thioether (sulfide) groups is 1. The number of benzene rings is 1. The van der Waals surface area contributed by atoms with Crippen LogP contribution in [-0.4, -0.2) is 45.0 Å². The molecule has 6 nitrogen and oxygen atoms in total. The number of aromatic nitrogens is 1. The fraction of sp³-hybridized carbons (Fsp3) is 0.556. The maximum absolute atomic E-state index is 14.3. The van der Waals surface area contributed by atoms with Crippen molar-refractivity contribution in [1.29, 1.82) is 0 Å². The van der Waals surface area contributed by atoms with Gasteiger partial charge in [-0.25, -0.2) is 4.98 Å². The molecule has 0 radical (unpaired) electrons. The second-order valence-electron chi connectivity index (χ2n) is 14.4. The van der Waals surface area contributed by atoms with Crippen molar-refractivity contribution in [2.75, 3.05) is 12.4 Å². The molecule has 1 aromatic carbocycles. The van der Waals surface area contributed by atoms with Crippen LogP contribution in [0.5, 0.6) is 5.75 Å². The van der Waals surface area contributed by atoms with E-state index in [9.17, 15) is 15.0 Å². The average Bonchev–Trinajstić information content (AvgIpc) is 3.74. The SMILES string of the molecule is CCOc1ccc2nc(SCC3(O)CCC4C56C=CC7(C=C5C(=O)c5ccco5)CC(O)CCC7(C)C6CCC43C)sc2c1. The lowest BCUT2D eigenvalue weighted by Crippen LogP contribution is -2.67. The molecule has 0 saturated heterocycles. The van der Waals surface area contributed by atoms with Gasteiger partial charge in [-0.15, -0.1) is 11.3 Å². The van der Waals surface area contributed by atoms with Crippen molar-refractivity contribution in [3.05, 3.63) is 66.2 Å². The number of hydrogen-bond donors (Lipinski definition) is 2. The number of aliphatic hydroxyl groups excluding tert-OH is 1. The molecule has 8 unspecified atom stereocenters. The average molecular weight is 632 g/mol. The Hall–Kier alpha value is -2.39. The summed E-state index contributed by atoms with van der Waals surface area (Å²) in [6.45, 7) is 7.31. The number of rotatable bonds is 7. The van der Waals surface area contributed by atoms with E-state index in [1.807, 2.05) is 19.1 Å². The molecule has 2 heterocycles. The molecule has 0 amide bonds. The molecule has 6 aliphatic carbocycles. The van der Waals surface area contributed by atoms with Crippen molar-refractivity contribution in [3.8, 4) is 5.75 Å². The Bertz CT molecular complexity index is 1700. The van der Waals surface area contributed by atoms with Gasteiger partial charge in [0.2, 0.25) is 5.78 Å². The van der Waals surface area contributed by atoms with Gasteiger partial charge in [-0.1, -0.05) is 43.8 Å². The van der Waals surface area contributed by atoms with Crippen LogP contribution in [-0.2, 0) is 0 Å². The van der Waals surface area contributed by atoms with Gasteiger partial charge in [-0.2, -0.15) is 0 Å². The first kappa shape index (κ1) is 29.0. The molecular weight excluding hydrogens is 591 g/mol. The van der Waals surface area contributed by atoms with Crippen molar-refractivity contribution in [2.24, 2.45) is 33.5 Å². The van der Waals surface area contributed by atoms with Crippen molar-refractivity contribution < 1.29 is 24.2 Å². The van der Waals surface area contributed by atoms with E-state index in [4.69, 9.17) is 14.1 Å². The number of ether oxygens (including phenoxy) is 1. The minimum Gasteiger partial charge on any atom is -0.494 e. The van der Waals surface area contributed by atoms with Gasteiger partial charge >= 0.3 is 0 Å². The number of thiazole rings is 1. The summed E-state index contributed by atoms with van der Waals surface area (Å²) in [6, 6.07) is 9.58. The van der Waals surface area contributed by atoms with Crippen LogP contribution in [0.2, 0.25) is 0 Å². The van der Waals surface area contributed by atoms with E-state index in [0.29, 0.717) is 31.0 Å². The molecule has 8 heteroatoms. The Kier molecular flexibility index (Phi) is 6.47.